The van der Waals surface area contributed by atoms with E-state index in [1.165, 1.54) is 57.1 Å². The normalized spacial score (nSPS) is 19.0. The predicted molar refractivity (Wildman–Crippen MR) is 101 cm³/mol. The molecule has 6 heteroatoms. The summed E-state index contributed by atoms with van der Waals surface area (Å²) in [5.74, 6) is 2.71. The Kier molecular flexibility index (Phi) is 6.47. The number of aromatic nitrogens is 3. The number of hydrogen-bond donors (Lipinski definition) is 1. The molecular formula is C18H29ClN4O. The zero-order valence-corrected chi connectivity index (χ0v) is 15.3. The molecule has 2 aromatic rings. The summed E-state index contributed by atoms with van der Waals surface area (Å²) >= 11 is 0. The number of nitrogens with zero attached hydrogens (tertiary/aromatic N) is 3. The van der Waals surface area contributed by atoms with Crippen LogP contribution in [0.15, 0.2) is 6.07 Å². The third-order valence-corrected chi connectivity index (χ3v) is 5.29. The van der Waals surface area contributed by atoms with E-state index in [-0.39, 0.29) is 17.9 Å². The fraction of sp³-hybridized carbons (Fsp3) is 0.667. The fourth-order valence-corrected chi connectivity index (χ4v) is 4.10. The van der Waals surface area contributed by atoms with E-state index in [9.17, 15) is 0 Å². The van der Waals surface area contributed by atoms with Crippen molar-refractivity contribution in [1.29, 1.82) is 0 Å². The number of fused-ring (bicyclic) bond motifs is 1. The molecule has 1 aliphatic heterocycles. The second-order valence-corrected chi connectivity index (χ2v) is 6.96. The maximum absolute atomic E-state index is 4.77. The number of aromatic amines is 1. The zero-order valence-electron chi connectivity index (χ0n) is 14.5. The summed E-state index contributed by atoms with van der Waals surface area (Å²) in [6.45, 7) is 4.27. The lowest BCUT2D eigenvalue weighted by Gasteiger charge is -2.28. The van der Waals surface area contributed by atoms with Gasteiger partial charge in [-0.15, -0.1) is 12.4 Å². The van der Waals surface area contributed by atoms with Gasteiger partial charge in [-0.1, -0.05) is 19.3 Å². The molecule has 4 rings (SSSR count). The summed E-state index contributed by atoms with van der Waals surface area (Å²) in [5.41, 5.74) is 3.65. The Morgan fingerprint density at radius 1 is 1.00 bits per heavy atom. The molecule has 1 aliphatic carbocycles. The number of halogens is 1. The molecule has 3 N–H and O–H groups in total. The Hall–Kier alpha value is -1.33. The number of anilines is 1. The van der Waals surface area contributed by atoms with E-state index in [2.05, 4.69) is 20.9 Å². The first kappa shape index (κ1) is 19.0. The summed E-state index contributed by atoms with van der Waals surface area (Å²) in [7, 11) is 0. The molecule has 0 spiro atoms. The van der Waals surface area contributed by atoms with Crippen LogP contribution in [0.2, 0.25) is 0 Å². The molecular weight excluding hydrogens is 324 g/mol. The summed E-state index contributed by atoms with van der Waals surface area (Å²) in [6, 6.07) is 2.29. The first-order chi connectivity index (χ1) is 10.8. The molecule has 0 amide bonds. The van der Waals surface area contributed by atoms with Gasteiger partial charge in [0.1, 0.15) is 11.3 Å². The molecule has 5 nitrogen and oxygen atoms in total. The van der Waals surface area contributed by atoms with Crippen molar-refractivity contribution in [1.82, 2.24) is 15.0 Å². The molecule has 134 valence electrons. The number of piperidine rings is 1. The van der Waals surface area contributed by atoms with Crippen molar-refractivity contribution in [2.45, 2.75) is 64.2 Å². The van der Waals surface area contributed by atoms with Gasteiger partial charge < -0.3 is 15.4 Å². The number of rotatable bonds is 2. The summed E-state index contributed by atoms with van der Waals surface area (Å²) < 4.78 is 0. The Balaban J connectivity index is 0.00000104. The average Bonchev–Trinajstić information content (AvgIpc) is 2.99. The van der Waals surface area contributed by atoms with Crippen molar-refractivity contribution >= 4 is 29.3 Å². The summed E-state index contributed by atoms with van der Waals surface area (Å²) in [4.78, 5) is 15.6. The van der Waals surface area contributed by atoms with Crippen LogP contribution in [0.5, 0.6) is 0 Å². The van der Waals surface area contributed by atoms with Gasteiger partial charge in [0, 0.05) is 18.8 Å². The number of aryl methyl sites for hydroxylation is 1. The van der Waals surface area contributed by atoms with Crippen LogP contribution < -0.4 is 4.90 Å². The van der Waals surface area contributed by atoms with E-state index >= 15 is 0 Å². The Bertz CT molecular complexity index is 660. The van der Waals surface area contributed by atoms with Crippen LogP contribution in [-0.4, -0.2) is 33.5 Å². The van der Waals surface area contributed by atoms with Gasteiger partial charge >= 0.3 is 0 Å². The van der Waals surface area contributed by atoms with Gasteiger partial charge in [0.25, 0.3) is 0 Å². The second-order valence-electron chi connectivity index (χ2n) is 6.96. The van der Waals surface area contributed by atoms with E-state index in [1.54, 1.807) is 0 Å². The Morgan fingerprint density at radius 2 is 1.67 bits per heavy atom. The number of hydrogen-bond acceptors (Lipinski definition) is 3. The van der Waals surface area contributed by atoms with Gasteiger partial charge in [0.05, 0.1) is 5.52 Å². The van der Waals surface area contributed by atoms with Gasteiger partial charge in [-0.3, -0.25) is 0 Å². The van der Waals surface area contributed by atoms with Crippen molar-refractivity contribution < 1.29 is 5.48 Å². The van der Waals surface area contributed by atoms with Gasteiger partial charge in [-0.05, 0) is 51.0 Å². The van der Waals surface area contributed by atoms with E-state index in [0.717, 1.165) is 35.8 Å². The molecule has 24 heavy (non-hydrogen) atoms. The highest BCUT2D eigenvalue weighted by Gasteiger charge is 2.21. The molecule has 3 heterocycles. The minimum absolute atomic E-state index is 0. The number of nitrogens with one attached hydrogen (secondary N) is 1. The van der Waals surface area contributed by atoms with Crippen LogP contribution in [0.4, 0.5) is 5.82 Å². The molecule has 2 aromatic heterocycles. The third kappa shape index (κ3) is 3.67. The molecule has 0 aromatic carbocycles. The quantitative estimate of drug-likeness (QED) is 0.890. The van der Waals surface area contributed by atoms with Crippen molar-refractivity contribution in [2.75, 3.05) is 18.0 Å². The monoisotopic (exact) mass is 352 g/mol. The highest BCUT2D eigenvalue weighted by molar-refractivity contribution is 5.87. The first-order valence-corrected chi connectivity index (χ1v) is 8.93. The van der Waals surface area contributed by atoms with E-state index in [0.29, 0.717) is 5.92 Å². The molecule has 1 saturated carbocycles. The minimum Gasteiger partial charge on any atom is -0.412 e. The largest absolute Gasteiger partial charge is 0.412 e. The van der Waals surface area contributed by atoms with Crippen molar-refractivity contribution in [3.63, 3.8) is 0 Å². The topological polar surface area (TPSA) is 76.3 Å². The molecule has 0 atom stereocenters. The maximum Gasteiger partial charge on any atom is 0.156 e. The molecule has 1 saturated heterocycles. The van der Waals surface area contributed by atoms with Crippen LogP contribution >= 0.6 is 12.4 Å². The molecule has 2 fully saturated rings. The highest BCUT2D eigenvalue weighted by Crippen LogP contribution is 2.35. The van der Waals surface area contributed by atoms with Crippen molar-refractivity contribution in [3.05, 3.63) is 17.6 Å². The minimum atomic E-state index is 0. The van der Waals surface area contributed by atoms with Crippen LogP contribution in [0.1, 0.15) is 68.8 Å². The lowest BCUT2D eigenvalue weighted by atomic mass is 9.87. The second kappa shape index (κ2) is 8.17. The summed E-state index contributed by atoms with van der Waals surface area (Å²) in [5, 5.41) is 0. The van der Waals surface area contributed by atoms with Crippen LogP contribution in [-0.2, 0) is 0 Å². The Morgan fingerprint density at radius 3 is 2.38 bits per heavy atom. The van der Waals surface area contributed by atoms with E-state index in [4.69, 9.17) is 4.98 Å². The lowest BCUT2D eigenvalue weighted by Crippen LogP contribution is -2.30. The first-order valence-electron chi connectivity index (χ1n) is 8.93. The van der Waals surface area contributed by atoms with Crippen LogP contribution in [0, 0.1) is 6.92 Å². The third-order valence-electron chi connectivity index (χ3n) is 5.29. The van der Waals surface area contributed by atoms with Gasteiger partial charge in [0.2, 0.25) is 0 Å². The average molecular weight is 353 g/mol. The molecule has 2 aliphatic rings. The zero-order chi connectivity index (χ0) is 14.9. The van der Waals surface area contributed by atoms with Crippen LogP contribution in [0.3, 0.4) is 0 Å². The van der Waals surface area contributed by atoms with Gasteiger partial charge in [-0.2, -0.15) is 0 Å². The standard InChI is InChI=1S/C18H26N4.ClH.H2O/c1-13-19-16-12-15(14-8-4-2-5-9-14)21-17(16)18(20-13)22-10-6-3-7-11-22;;/h12,14,21H,2-11H2,1H3;1H;1H2. The lowest BCUT2D eigenvalue weighted by molar-refractivity contribution is 0.438. The van der Waals surface area contributed by atoms with E-state index < -0.39 is 0 Å². The smallest absolute Gasteiger partial charge is 0.156 e. The van der Waals surface area contributed by atoms with Gasteiger partial charge in [0.15, 0.2) is 5.82 Å². The predicted octanol–water partition coefficient (Wildman–Crippen LogP) is 3.90. The molecule has 0 radical (unpaired) electrons. The van der Waals surface area contributed by atoms with Gasteiger partial charge in [-0.25, -0.2) is 9.97 Å². The number of H-pyrrole nitrogens is 1. The highest BCUT2D eigenvalue weighted by atomic mass is 35.5. The molecule has 0 bridgehead atoms. The van der Waals surface area contributed by atoms with Crippen molar-refractivity contribution in [2.24, 2.45) is 0 Å². The molecule has 0 unspecified atom stereocenters. The summed E-state index contributed by atoms with van der Waals surface area (Å²) in [6.07, 6.45) is 10.7. The fourth-order valence-electron chi connectivity index (χ4n) is 4.10. The Labute approximate surface area is 150 Å². The maximum atomic E-state index is 4.77. The SMILES string of the molecule is Cc1nc(N2CCCCC2)c2[nH]c(C3CCCCC3)cc2n1.Cl.O. The van der Waals surface area contributed by atoms with E-state index in [1.807, 2.05) is 6.92 Å². The van der Waals surface area contributed by atoms with Crippen molar-refractivity contribution in [3.8, 4) is 0 Å². The van der Waals surface area contributed by atoms with Crippen LogP contribution in [0.25, 0.3) is 11.0 Å².